The molecule has 0 bridgehead atoms. The van der Waals surface area contributed by atoms with Crippen LogP contribution in [0.25, 0.3) is 0 Å². The van der Waals surface area contributed by atoms with E-state index in [2.05, 4.69) is 16.0 Å². The van der Waals surface area contributed by atoms with E-state index in [1.165, 1.54) is 12.8 Å². The molecule has 0 amide bonds. The molecule has 16 heavy (non-hydrogen) atoms. The van der Waals surface area contributed by atoms with Gasteiger partial charge in [-0.1, -0.05) is 6.07 Å². The van der Waals surface area contributed by atoms with Crippen molar-refractivity contribution >= 4 is 11.6 Å². The van der Waals surface area contributed by atoms with E-state index < -0.39 is 0 Å². The quantitative estimate of drug-likeness (QED) is 0.714. The fourth-order valence-electron chi connectivity index (χ4n) is 1.89. The topological polar surface area (TPSA) is 25.4 Å². The predicted molar refractivity (Wildman–Crippen MR) is 64.9 cm³/mol. The van der Waals surface area contributed by atoms with E-state index in [0.717, 1.165) is 24.5 Å². The van der Waals surface area contributed by atoms with E-state index >= 15 is 0 Å². The maximum atomic E-state index is 5.82. The molecule has 2 rings (SSSR count). The predicted octanol–water partition coefficient (Wildman–Crippen LogP) is 2.29. The Kier molecular flexibility index (Phi) is 4.02. The smallest absolute Gasteiger partial charge is 0.217 e. The number of halogens is 1. The van der Waals surface area contributed by atoms with Gasteiger partial charge in [-0.05, 0) is 18.9 Å². The van der Waals surface area contributed by atoms with Crippen LogP contribution in [0.15, 0.2) is 18.3 Å². The largest absolute Gasteiger partial charge is 0.481 e. The zero-order valence-corrected chi connectivity index (χ0v) is 10.3. The standard InChI is InChI=1S/C12H17ClN2O/c1-16-12-10(3-2-7-14-12)9-15(8-6-13)11-4-5-11/h2-3,7,11H,4-6,8-9H2,1H3. The van der Waals surface area contributed by atoms with Crippen LogP contribution >= 0.6 is 11.6 Å². The van der Waals surface area contributed by atoms with Crippen LogP contribution < -0.4 is 4.74 Å². The molecular weight excluding hydrogens is 224 g/mol. The van der Waals surface area contributed by atoms with Gasteiger partial charge in [-0.2, -0.15) is 0 Å². The van der Waals surface area contributed by atoms with Gasteiger partial charge in [0.25, 0.3) is 0 Å². The van der Waals surface area contributed by atoms with Crippen LogP contribution in [-0.4, -0.2) is 35.5 Å². The summed E-state index contributed by atoms with van der Waals surface area (Å²) in [6, 6.07) is 4.72. The van der Waals surface area contributed by atoms with E-state index in [1.807, 2.05) is 6.07 Å². The Morgan fingerprint density at radius 1 is 1.56 bits per heavy atom. The number of aromatic nitrogens is 1. The second-order valence-corrected chi connectivity index (χ2v) is 4.44. The highest BCUT2D eigenvalue weighted by Gasteiger charge is 2.28. The molecule has 3 nitrogen and oxygen atoms in total. The molecule has 0 aromatic carbocycles. The average Bonchev–Trinajstić information content (AvgIpc) is 3.13. The molecule has 0 spiro atoms. The average molecular weight is 241 g/mol. The summed E-state index contributed by atoms with van der Waals surface area (Å²) < 4.78 is 5.25. The van der Waals surface area contributed by atoms with Crippen LogP contribution in [0, 0.1) is 0 Å². The Labute approximate surface area is 101 Å². The number of pyridine rings is 1. The number of methoxy groups -OCH3 is 1. The monoisotopic (exact) mass is 240 g/mol. The molecule has 1 heterocycles. The van der Waals surface area contributed by atoms with Gasteiger partial charge < -0.3 is 4.74 Å². The minimum atomic E-state index is 0.680. The molecule has 88 valence electrons. The lowest BCUT2D eigenvalue weighted by atomic mass is 10.2. The normalized spacial score (nSPS) is 15.4. The van der Waals surface area contributed by atoms with Crippen molar-refractivity contribution in [3.8, 4) is 5.88 Å². The van der Waals surface area contributed by atoms with Crippen molar-refractivity contribution in [2.24, 2.45) is 0 Å². The number of nitrogens with zero attached hydrogens (tertiary/aromatic N) is 2. The summed E-state index contributed by atoms with van der Waals surface area (Å²) in [5.41, 5.74) is 1.14. The summed E-state index contributed by atoms with van der Waals surface area (Å²) in [5, 5.41) is 0. The van der Waals surface area contributed by atoms with Crippen molar-refractivity contribution in [1.82, 2.24) is 9.88 Å². The number of rotatable bonds is 6. The minimum absolute atomic E-state index is 0.680. The summed E-state index contributed by atoms with van der Waals surface area (Å²) in [4.78, 5) is 6.62. The first-order chi connectivity index (χ1) is 7.85. The Bertz CT molecular complexity index is 342. The first-order valence-corrected chi connectivity index (χ1v) is 6.16. The molecule has 1 fully saturated rings. The zero-order chi connectivity index (χ0) is 11.4. The molecule has 1 aliphatic rings. The third-order valence-corrected chi connectivity index (χ3v) is 3.02. The van der Waals surface area contributed by atoms with Crippen molar-refractivity contribution in [2.75, 3.05) is 19.5 Å². The number of hydrogen-bond acceptors (Lipinski definition) is 3. The van der Waals surface area contributed by atoms with Crippen LogP contribution in [0.1, 0.15) is 18.4 Å². The highest BCUT2D eigenvalue weighted by molar-refractivity contribution is 6.18. The van der Waals surface area contributed by atoms with Gasteiger partial charge in [-0.25, -0.2) is 4.98 Å². The van der Waals surface area contributed by atoms with Crippen LogP contribution in [0.5, 0.6) is 5.88 Å². The van der Waals surface area contributed by atoms with Gasteiger partial charge in [0.15, 0.2) is 0 Å². The first kappa shape index (κ1) is 11.7. The number of ether oxygens (including phenoxy) is 1. The van der Waals surface area contributed by atoms with Crippen molar-refractivity contribution < 1.29 is 4.74 Å². The maximum Gasteiger partial charge on any atom is 0.217 e. The summed E-state index contributed by atoms with van der Waals surface area (Å²) in [5.74, 6) is 1.40. The molecule has 1 aromatic rings. The summed E-state index contributed by atoms with van der Waals surface area (Å²) in [6.45, 7) is 1.82. The molecular formula is C12H17ClN2O. The number of hydrogen-bond donors (Lipinski definition) is 0. The van der Waals surface area contributed by atoms with Gasteiger partial charge in [-0.3, -0.25) is 4.90 Å². The SMILES string of the molecule is COc1ncccc1CN(CCCl)C1CC1. The van der Waals surface area contributed by atoms with E-state index in [9.17, 15) is 0 Å². The van der Waals surface area contributed by atoms with Gasteiger partial charge >= 0.3 is 0 Å². The van der Waals surface area contributed by atoms with Crippen LogP contribution in [-0.2, 0) is 6.54 Å². The van der Waals surface area contributed by atoms with Crippen molar-refractivity contribution in [3.05, 3.63) is 23.9 Å². The lowest BCUT2D eigenvalue weighted by Crippen LogP contribution is -2.27. The second-order valence-electron chi connectivity index (χ2n) is 4.06. The minimum Gasteiger partial charge on any atom is -0.481 e. The Morgan fingerprint density at radius 2 is 2.38 bits per heavy atom. The summed E-state index contributed by atoms with van der Waals surface area (Å²) >= 11 is 5.82. The number of alkyl halides is 1. The Balaban J connectivity index is 2.05. The molecule has 1 saturated carbocycles. The lowest BCUT2D eigenvalue weighted by molar-refractivity contribution is 0.264. The lowest BCUT2D eigenvalue weighted by Gasteiger charge is -2.21. The fraction of sp³-hybridized carbons (Fsp3) is 0.583. The maximum absolute atomic E-state index is 5.82. The van der Waals surface area contributed by atoms with Crippen molar-refractivity contribution in [2.45, 2.75) is 25.4 Å². The molecule has 0 aliphatic heterocycles. The third-order valence-electron chi connectivity index (χ3n) is 2.85. The van der Waals surface area contributed by atoms with Gasteiger partial charge in [0.1, 0.15) is 0 Å². The molecule has 0 saturated heterocycles. The molecule has 0 unspecified atom stereocenters. The van der Waals surface area contributed by atoms with E-state index in [1.54, 1.807) is 13.3 Å². The molecule has 0 atom stereocenters. The Morgan fingerprint density at radius 3 is 3.00 bits per heavy atom. The summed E-state index contributed by atoms with van der Waals surface area (Å²) in [6.07, 6.45) is 4.34. The fourth-order valence-corrected chi connectivity index (χ4v) is 2.10. The highest BCUT2D eigenvalue weighted by atomic mass is 35.5. The van der Waals surface area contributed by atoms with Gasteiger partial charge in [0.2, 0.25) is 5.88 Å². The second kappa shape index (κ2) is 5.51. The van der Waals surface area contributed by atoms with Gasteiger partial charge in [0, 0.05) is 36.8 Å². The van der Waals surface area contributed by atoms with E-state index in [4.69, 9.17) is 16.3 Å². The molecule has 0 N–H and O–H groups in total. The van der Waals surface area contributed by atoms with Gasteiger partial charge in [0.05, 0.1) is 7.11 Å². The van der Waals surface area contributed by atoms with E-state index in [-0.39, 0.29) is 0 Å². The van der Waals surface area contributed by atoms with Crippen LogP contribution in [0.4, 0.5) is 0 Å². The van der Waals surface area contributed by atoms with E-state index in [0.29, 0.717) is 11.9 Å². The summed E-state index contributed by atoms with van der Waals surface area (Å²) in [7, 11) is 1.66. The molecule has 0 radical (unpaired) electrons. The van der Waals surface area contributed by atoms with Crippen LogP contribution in [0.2, 0.25) is 0 Å². The Hall–Kier alpha value is -0.800. The zero-order valence-electron chi connectivity index (χ0n) is 9.53. The van der Waals surface area contributed by atoms with Gasteiger partial charge in [-0.15, -0.1) is 11.6 Å². The van der Waals surface area contributed by atoms with Crippen LogP contribution in [0.3, 0.4) is 0 Å². The first-order valence-electron chi connectivity index (χ1n) is 5.63. The molecule has 1 aromatic heterocycles. The highest BCUT2D eigenvalue weighted by Crippen LogP contribution is 2.29. The van der Waals surface area contributed by atoms with Crippen molar-refractivity contribution in [1.29, 1.82) is 0 Å². The van der Waals surface area contributed by atoms with Crippen molar-refractivity contribution in [3.63, 3.8) is 0 Å². The molecule has 1 aliphatic carbocycles. The molecule has 4 heteroatoms. The third kappa shape index (κ3) is 2.86.